The van der Waals surface area contributed by atoms with Crippen molar-refractivity contribution < 1.29 is 9.18 Å². The van der Waals surface area contributed by atoms with Crippen LogP contribution in [0.4, 0.5) is 4.39 Å². The molecule has 0 N–H and O–H groups in total. The van der Waals surface area contributed by atoms with E-state index in [1.165, 1.54) is 18.2 Å². The van der Waals surface area contributed by atoms with Crippen LogP contribution in [0.25, 0.3) is 0 Å². The van der Waals surface area contributed by atoms with Gasteiger partial charge < -0.3 is 0 Å². The number of carbonyl (C=O) groups is 1. The minimum atomic E-state index is -0.545. The van der Waals surface area contributed by atoms with Gasteiger partial charge in [-0.05, 0) is 42.8 Å². The van der Waals surface area contributed by atoms with Crippen molar-refractivity contribution in [3.8, 4) is 0 Å². The van der Waals surface area contributed by atoms with Crippen molar-refractivity contribution >= 4 is 29.0 Å². The van der Waals surface area contributed by atoms with Crippen molar-refractivity contribution in [2.75, 3.05) is 0 Å². The normalized spacial score (nSPS) is 10.4. The molecule has 0 spiro atoms. The number of aryl methyl sites for hydroxylation is 1. The molecule has 0 radical (unpaired) electrons. The molecule has 0 aromatic heterocycles. The van der Waals surface area contributed by atoms with Gasteiger partial charge in [0.25, 0.3) is 0 Å². The summed E-state index contributed by atoms with van der Waals surface area (Å²) >= 11 is 11.5. The maximum atomic E-state index is 13.0. The van der Waals surface area contributed by atoms with E-state index in [1.807, 2.05) is 6.92 Å². The third-order valence-electron chi connectivity index (χ3n) is 2.63. The molecule has 18 heavy (non-hydrogen) atoms. The molecule has 0 fully saturated rings. The molecule has 2 aromatic carbocycles. The highest BCUT2D eigenvalue weighted by Gasteiger charge is 2.13. The van der Waals surface area contributed by atoms with Crippen LogP contribution in [0.3, 0.4) is 0 Å². The maximum Gasteiger partial charge on any atom is 0.193 e. The first kappa shape index (κ1) is 13.1. The smallest absolute Gasteiger partial charge is 0.193 e. The zero-order valence-corrected chi connectivity index (χ0v) is 11.0. The SMILES string of the molecule is Cc1ccc(Cl)cc1C(=O)c1ccc(F)c(Cl)c1. The highest BCUT2D eigenvalue weighted by atomic mass is 35.5. The first-order chi connectivity index (χ1) is 8.49. The van der Waals surface area contributed by atoms with Crippen LogP contribution in [0.15, 0.2) is 36.4 Å². The Hall–Kier alpha value is -1.38. The summed E-state index contributed by atoms with van der Waals surface area (Å²) in [6, 6.07) is 8.97. The maximum absolute atomic E-state index is 13.0. The van der Waals surface area contributed by atoms with E-state index in [0.29, 0.717) is 16.1 Å². The molecule has 0 saturated heterocycles. The average Bonchev–Trinajstić information content (AvgIpc) is 2.35. The van der Waals surface area contributed by atoms with Gasteiger partial charge in [0.2, 0.25) is 0 Å². The van der Waals surface area contributed by atoms with Gasteiger partial charge in [0, 0.05) is 16.1 Å². The zero-order chi connectivity index (χ0) is 13.3. The lowest BCUT2D eigenvalue weighted by molar-refractivity contribution is 0.103. The molecule has 0 aliphatic heterocycles. The highest BCUT2D eigenvalue weighted by Crippen LogP contribution is 2.22. The first-order valence-corrected chi connectivity index (χ1v) is 6.00. The molecular formula is C14H9Cl2FO. The first-order valence-electron chi connectivity index (χ1n) is 5.25. The van der Waals surface area contributed by atoms with Crippen molar-refractivity contribution in [3.63, 3.8) is 0 Å². The molecule has 0 amide bonds. The van der Waals surface area contributed by atoms with Gasteiger partial charge in [-0.2, -0.15) is 0 Å². The standard InChI is InChI=1S/C14H9Cl2FO/c1-8-2-4-10(15)7-11(8)14(18)9-3-5-13(17)12(16)6-9/h2-7H,1H3. The van der Waals surface area contributed by atoms with Crippen LogP contribution in [0.2, 0.25) is 10.0 Å². The summed E-state index contributed by atoms with van der Waals surface area (Å²) in [5.74, 6) is -0.770. The van der Waals surface area contributed by atoms with Crippen molar-refractivity contribution in [2.24, 2.45) is 0 Å². The fraction of sp³-hybridized carbons (Fsp3) is 0.0714. The lowest BCUT2D eigenvalue weighted by Gasteiger charge is -2.06. The summed E-state index contributed by atoms with van der Waals surface area (Å²) in [5, 5.41) is 0.415. The van der Waals surface area contributed by atoms with E-state index in [0.717, 1.165) is 5.56 Å². The average molecular weight is 283 g/mol. The number of rotatable bonds is 2. The Kier molecular flexibility index (Phi) is 3.69. The molecule has 0 aliphatic rings. The molecule has 2 rings (SSSR count). The van der Waals surface area contributed by atoms with Crippen LogP contribution in [0.1, 0.15) is 21.5 Å². The Morgan fingerprint density at radius 1 is 1.11 bits per heavy atom. The summed E-state index contributed by atoms with van der Waals surface area (Å²) in [6.07, 6.45) is 0. The molecule has 0 atom stereocenters. The van der Waals surface area contributed by atoms with Crippen LogP contribution in [-0.4, -0.2) is 5.78 Å². The van der Waals surface area contributed by atoms with Gasteiger partial charge in [-0.3, -0.25) is 4.79 Å². The molecular weight excluding hydrogens is 274 g/mol. The summed E-state index contributed by atoms with van der Waals surface area (Å²) in [5.41, 5.74) is 1.64. The lowest BCUT2D eigenvalue weighted by atomic mass is 9.99. The van der Waals surface area contributed by atoms with Gasteiger partial charge in [-0.25, -0.2) is 4.39 Å². The molecule has 0 heterocycles. The lowest BCUT2D eigenvalue weighted by Crippen LogP contribution is -2.04. The van der Waals surface area contributed by atoms with E-state index < -0.39 is 5.82 Å². The molecule has 92 valence electrons. The van der Waals surface area contributed by atoms with Crippen LogP contribution >= 0.6 is 23.2 Å². The summed E-state index contributed by atoms with van der Waals surface area (Å²) < 4.78 is 13.0. The van der Waals surface area contributed by atoms with Gasteiger partial charge in [0.05, 0.1) is 5.02 Å². The number of hydrogen-bond donors (Lipinski definition) is 0. The van der Waals surface area contributed by atoms with Crippen molar-refractivity contribution in [2.45, 2.75) is 6.92 Å². The van der Waals surface area contributed by atoms with Crippen molar-refractivity contribution in [3.05, 3.63) is 69.0 Å². The zero-order valence-electron chi connectivity index (χ0n) is 9.51. The second-order valence-corrected chi connectivity index (χ2v) is 4.76. The van der Waals surface area contributed by atoms with E-state index in [2.05, 4.69) is 0 Å². The van der Waals surface area contributed by atoms with Gasteiger partial charge in [-0.15, -0.1) is 0 Å². The van der Waals surface area contributed by atoms with Crippen molar-refractivity contribution in [1.29, 1.82) is 0 Å². The Labute approximate surface area is 114 Å². The van der Waals surface area contributed by atoms with Gasteiger partial charge in [0.15, 0.2) is 5.78 Å². The highest BCUT2D eigenvalue weighted by molar-refractivity contribution is 6.32. The number of ketones is 1. The van der Waals surface area contributed by atoms with E-state index >= 15 is 0 Å². The van der Waals surface area contributed by atoms with E-state index in [-0.39, 0.29) is 10.8 Å². The summed E-state index contributed by atoms with van der Waals surface area (Å²) in [7, 11) is 0. The topological polar surface area (TPSA) is 17.1 Å². The molecule has 4 heteroatoms. The van der Waals surface area contributed by atoms with Gasteiger partial charge in [0.1, 0.15) is 5.82 Å². The van der Waals surface area contributed by atoms with Gasteiger partial charge in [-0.1, -0.05) is 29.3 Å². The fourth-order valence-corrected chi connectivity index (χ4v) is 1.98. The predicted molar refractivity (Wildman–Crippen MR) is 71.0 cm³/mol. The Morgan fingerprint density at radius 2 is 1.83 bits per heavy atom. The molecule has 0 saturated carbocycles. The second-order valence-electron chi connectivity index (χ2n) is 3.92. The molecule has 1 nitrogen and oxygen atoms in total. The van der Waals surface area contributed by atoms with E-state index in [1.54, 1.807) is 18.2 Å². The molecule has 0 aliphatic carbocycles. The number of benzene rings is 2. The summed E-state index contributed by atoms with van der Waals surface area (Å²) in [6.45, 7) is 1.81. The molecule has 0 unspecified atom stereocenters. The van der Waals surface area contributed by atoms with Crippen LogP contribution < -0.4 is 0 Å². The third-order valence-corrected chi connectivity index (χ3v) is 3.15. The van der Waals surface area contributed by atoms with Crippen molar-refractivity contribution in [1.82, 2.24) is 0 Å². The largest absolute Gasteiger partial charge is 0.289 e. The Morgan fingerprint density at radius 3 is 2.50 bits per heavy atom. The van der Waals surface area contributed by atoms with Gasteiger partial charge >= 0.3 is 0 Å². The molecule has 2 aromatic rings. The Balaban J connectivity index is 2.47. The number of hydrogen-bond acceptors (Lipinski definition) is 1. The Bertz CT molecular complexity index is 623. The predicted octanol–water partition coefficient (Wildman–Crippen LogP) is 4.67. The third kappa shape index (κ3) is 2.55. The summed E-state index contributed by atoms with van der Waals surface area (Å²) in [4.78, 5) is 12.2. The fourth-order valence-electron chi connectivity index (χ4n) is 1.63. The number of carbonyl (C=O) groups excluding carboxylic acids is 1. The monoisotopic (exact) mass is 282 g/mol. The quantitative estimate of drug-likeness (QED) is 0.732. The number of halogens is 3. The van der Waals surface area contributed by atoms with E-state index in [9.17, 15) is 9.18 Å². The van der Waals surface area contributed by atoms with Crippen LogP contribution in [-0.2, 0) is 0 Å². The second kappa shape index (κ2) is 5.09. The minimum absolute atomic E-state index is 0.0690. The minimum Gasteiger partial charge on any atom is -0.289 e. The van der Waals surface area contributed by atoms with Crippen LogP contribution in [0.5, 0.6) is 0 Å². The molecule has 0 bridgehead atoms. The van der Waals surface area contributed by atoms with E-state index in [4.69, 9.17) is 23.2 Å². The van der Waals surface area contributed by atoms with Crippen LogP contribution in [0, 0.1) is 12.7 Å².